The molecule has 1 aromatic carbocycles. The highest BCUT2D eigenvalue weighted by Crippen LogP contribution is 2.43. The molecule has 6 nitrogen and oxygen atoms in total. The Kier molecular flexibility index (Phi) is 4.79. The van der Waals surface area contributed by atoms with Crippen molar-refractivity contribution in [3.05, 3.63) is 59.7 Å². The largest absolute Gasteiger partial charge is 0.476 e. The summed E-state index contributed by atoms with van der Waals surface area (Å²) in [6.07, 6.45) is 6.65. The van der Waals surface area contributed by atoms with Crippen molar-refractivity contribution in [3.63, 3.8) is 0 Å². The van der Waals surface area contributed by atoms with Crippen LogP contribution in [-0.4, -0.2) is 33.0 Å². The molecule has 1 amide bonds. The number of amides is 1. The highest BCUT2D eigenvalue weighted by atomic mass is 16.4. The SMILES string of the molecule is CC(NC(=O)c1cnc(C(=O)O)cn1)C1(c2ccccc2)CCCC1. The lowest BCUT2D eigenvalue weighted by Gasteiger charge is -2.36. The van der Waals surface area contributed by atoms with Gasteiger partial charge in [-0.25, -0.2) is 14.8 Å². The van der Waals surface area contributed by atoms with E-state index in [0.29, 0.717) is 0 Å². The van der Waals surface area contributed by atoms with Gasteiger partial charge in [-0.05, 0) is 25.3 Å². The number of rotatable bonds is 5. The van der Waals surface area contributed by atoms with Crippen LogP contribution in [0.3, 0.4) is 0 Å². The lowest BCUT2D eigenvalue weighted by atomic mass is 9.73. The third kappa shape index (κ3) is 3.38. The second-order valence-corrected chi connectivity index (χ2v) is 6.52. The van der Waals surface area contributed by atoms with Crippen LogP contribution in [0.15, 0.2) is 42.7 Å². The molecule has 1 atom stereocenters. The number of hydrogen-bond donors (Lipinski definition) is 2. The number of carboxylic acids is 1. The predicted molar refractivity (Wildman–Crippen MR) is 92.5 cm³/mol. The fourth-order valence-corrected chi connectivity index (χ4v) is 3.71. The van der Waals surface area contributed by atoms with Crippen LogP contribution in [0.4, 0.5) is 0 Å². The maximum atomic E-state index is 12.5. The minimum atomic E-state index is -1.16. The molecule has 1 aliphatic carbocycles. The van der Waals surface area contributed by atoms with Gasteiger partial charge < -0.3 is 10.4 Å². The normalized spacial score (nSPS) is 17.0. The maximum Gasteiger partial charge on any atom is 0.356 e. The number of nitrogens with zero attached hydrogens (tertiary/aromatic N) is 2. The summed E-state index contributed by atoms with van der Waals surface area (Å²) in [4.78, 5) is 31.0. The molecule has 2 aromatic rings. The molecular weight excluding hydrogens is 318 g/mol. The molecule has 1 fully saturated rings. The summed E-state index contributed by atoms with van der Waals surface area (Å²) in [6.45, 7) is 2.02. The highest BCUT2D eigenvalue weighted by molar-refractivity contribution is 5.93. The number of aromatic nitrogens is 2. The Balaban J connectivity index is 1.78. The quantitative estimate of drug-likeness (QED) is 0.874. The molecular formula is C19H21N3O3. The first-order chi connectivity index (χ1) is 12.0. The Hall–Kier alpha value is -2.76. The van der Waals surface area contributed by atoms with Crippen LogP contribution >= 0.6 is 0 Å². The molecule has 0 saturated heterocycles. The van der Waals surface area contributed by atoms with E-state index in [2.05, 4.69) is 27.4 Å². The van der Waals surface area contributed by atoms with Gasteiger partial charge in [-0.1, -0.05) is 43.2 Å². The lowest BCUT2D eigenvalue weighted by Crippen LogP contribution is -2.47. The summed E-state index contributed by atoms with van der Waals surface area (Å²) < 4.78 is 0. The van der Waals surface area contributed by atoms with E-state index in [1.807, 2.05) is 25.1 Å². The van der Waals surface area contributed by atoms with Gasteiger partial charge in [0.15, 0.2) is 5.69 Å². The minimum Gasteiger partial charge on any atom is -0.476 e. The number of nitrogens with one attached hydrogen (secondary N) is 1. The van der Waals surface area contributed by atoms with Crippen LogP contribution in [0, 0.1) is 0 Å². The standard InChI is InChI=1S/C19H21N3O3/c1-13(19(9-5-6-10-19)14-7-3-2-4-8-14)22-17(23)15-11-21-16(12-20-15)18(24)25/h2-4,7-8,11-13H,5-6,9-10H2,1H3,(H,22,23)(H,24,25). The molecule has 1 heterocycles. The van der Waals surface area contributed by atoms with E-state index in [0.717, 1.165) is 31.9 Å². The summed E-state index contributed by atoms with van der Waals surface area (Å²) in [5.41, 5.74) is 1.11. The smallest absolute Gasteiger partial charge is 0.356 e. The van der Waals surface area contributed by atoms with Crippen LogP contribution in [-0.2, 0) is 5.41 Å². The predicted octanol–water partition coefficient (Wildman–Crippen LogP) is 2.81. The van der Waals surface area contributed by atoms with Crippen molar-refractivity contribution in [2.75, 3.05) is 0 Å². The van der Waals surface area contributed by atoms with Gasteiger partial charge in [-0.15, -0.1) is 0 Å². The zero-order chi connectivity index (χ0) is 17.9. The monoisotopic (exact) mass is 339 g/mol. The summed E-state index contributed by atoms with van der Waals surface area (Å²) in [6, 6.07) is 10.2. The van der Waals surface area contributed by atoms with Crippen molar-refractivity contribution in [1.29, 1.82) is 0 Å². The summed E-state index contributed by atoms with van der Waals surface area (Å²) >= 11 is 0. The second kappa shape index (κ2) is 7.01. The van der Waals surface area contributed by atoms with Crippen LogP contribution in [0.1, 0.15) is 59.1 Å². The van der Waals surface area contributed by atoms with Crippen molar-refractivity contribution >= 4 is 11.9 Å². The summed E-state index contributed by atoms with van der Waals surface area (Å²) in [5, 5.41) is 11.9. The van der Waals surface area contributed by atoms with Gasteiger partial charge in [0.05, 0.1) is 12.4 Å². The van der Waals surface area contributed by atoms with E-state index in [1.54, 1.807) is 0 Å². The van der Waals surface area contributed by atoms with E-state index < -0.39 is 5.97 Å². The molecule has 1 aliphatic rings. The Morgan fingerprint density at radius 2 is 1.68 bits per heavy atom. The molecule has 2 N–H and O–H groups in total. The zero-order valence-corrected chi connectivity index (χ0v) is 14.1. The molecule has 0 bridgehead atoms. The van der Waals surface area contributed by atoms with E-state index in [-0.39, 0.29) is 28.8 Å². The molecule has 6 heteroatoms. The molecule has 3 rings (SSSR count). The molecule has 0 aliphatic heterocycles. The van der Waals surface area contributed by atoms with Gasteiger partial charge in [0.2, 0.25) is 0 Å². The fourth-order valence-electron chi connectivity index (χ4n) is 3.71. The number of benzene rings is 1. The van der Waals surface area contributed by atoms with Gasteiger partial charge in [0.25, 0.3) is 5.91 Å². The van der Waals surface area contributed by atoms with Gasteiger partial charge in [-0.3, -0.25) is 4.79 Å². The van der Waals surface area contributed by atoms with Gasteiger partial charge in [0.1, 0.15) is 5.69 Å². The molecule has 0 radical (unpaired) electrons. The van der Waals surface area contributed by atoms with E-state index in [9.17, 15) is 9.59 Å². The van der Waals surface area contributed by atoms with Crippen molar-refractivity contribution in [1.82, 2.24) is 15.3 Å². The van der Waals surface area contributed by atoms with Gasteiger partial charge >= 0.3 is 5.97 Å². The van der Waals surface area contributed by atoms with Crippen LogP contribution in [0.2, 0.25) is 0 Å². The van der Waals surface area contributed by atoms with Crippen molar-refractivity contribution < 1.29 is 14.7 Å². The van der Waals surface area contributed by atoms with E-state index >= 15 is 0 Å². The van der Waals surface area contributed by atoms with Crippen LogP contribution in [0.25, 0.3) is 0 Å². The average molecular weight is 339 g/mol. The molecule has 1 saturated carbocycles. The third-order valence-corrected chi connectivity index (χ3v) is 5.12. The van der Waals surface area contributed by atoms with Gasteiger partial charge in [-0.2, -0.15) is 0 Å². The number of hydrogen-bond acceptors (Lipinski definition) is 4. The number of carboxylic acid groups (broad SMARTS) is 1. The lowest BCUT2D eigenvalue weighted by molar-refractivity contribution is 0.0688. The molecule has 25 heavy (non-hydrogen) atoms. The summed E-state index contributed by atoms with van der Waals surface area (Å²) in [5.74, 6) is -1.50. The number of carbonyl (C=O) groups is 2. The average Bonchev–Trinajstić information content (AvgIpc) is 3.13. The molecule has 1 unspecified atom stereocenters. The Bertz CT molecular complexity index is 753. The second-order valence-electron chi connectivity index (χ2n) is 6.52. The Morgan fingerprint density at radius 3 is 2.24 bits per heavy atom. The summed E-state index contributed by atoms with van der Waals surface area (Å²) in [7, 11) is 0. The molecule has 1 aromatic heterocycles. The minimum absolute atomic E-state index is 0.0640. The van der Waals surface area contributed by atoms with Crippen molar-refractivity contribution in [3.8, 4) is 0 Å². The zero-order valence-electron chi connectivity index (χ0n) is 14.1. The fraction of sp³-hybridized carbons (Fsp3) is 0.368. The number of aromatic carboxylic acids is 1. The third-order valence-electron chi connectivity index (χ3n) is 5.12. The first kappa shape index (κ1) is 17.1. The van der Waals surface area contributed by atoms with Crippen LogP contribution < -0.4 is 5.32 Å². The van der Waals surface area contributed by atoms with Crippen LogP contribution in [0.5, 0.6) is 0 Å². The maximum absolute atomic E-state index is 12.5. The van der Waals surface area contributed by atoms with Crippen molar-refractivity contribution in [2.24, 2.45) is 0 Å². The van der Waals surface area contributed by atoms with Gasteiger partial charge in [0, 0.05) is 11.5 Å². The highest BCUT2D eigenvalue weighted by Gasteiger charge is 2.41. The Morgan fingerprint density at radius 1 is 1.08 bits per heavy atom. The molecule has 130 valence electrons. The first-order valence-electron chi connectivity index (χ1n) is 8.45. The van der Waals surface area contributed by atoms with E-state index in [1.165, 1.54) is 11.8 Å². The van der Waals surface area contributed by atoms with Crippen molar-refractivity contribution in [2.45, 2.75) is 44.1 Å². The first-order valence-corrected chi connectivity index (χ1v) is 8.45. The number of carbonyl (C=O) groups excluding carboxylic acids is 1. The Labute approximate surface area is 146 Å². The topological polar surface area (TPSA) is 92.2 Å². The van der Waals surface area contributed by atoms with E-state index in [4.69, 9.17) is 5.11 Å². The molecule has 0 spiro atoms.